The van der Waals surface area contributed by atoms with Crippen molar-refractivity contribution in [1.29, 1.82) is 0 Å². The van der Waals surface area contributed by atoms with Crippen LogP contribution >= 0.6 is 0 Å². The minimum atomic E-state index is -1.18. The van der Waals surface area contributed by atoms with Crippen molar-refractivity contribution < 1.29 is 22.3 Å². The van der Waals surface area contributed by atoms with E-state index in [1.807, 2.05) is 6.92 Å². The van der Waals surface area contributed by atoms with Gasteiger partial charge in [0.2, 0.25) is 5.82 Å². The van der Waals surface area contributed by atoms with Crippen LogP contribution in [0.4, 0.5) is 17.6 Å². The van der Waals surface area contributed by atoms with Gasteiger partial charge in [0.25, 0.3) is 0 Å². The molecule has 1 aliphatic heterocycles. The highest BCUT2D eigenvalue weighted by molar-refractivity contribution is 5.56. The van der Waals surface area contributed by atoms with E-state index in [9.17, 15) is 17.6 Å². The second-order valence-electron chi connectivity index (χ2n) is 6.89. The van der Waals surface area contributed by atoms with Crippen LogP contribution in [0.3, 0.4) is 0 Å². The zero-order valence-corrected chi connectivity index (χ0v) is 16.7. The molecule has 1 aromatic rings. The van der Waals surface area contributed by atoms with Gasteiger partial charge >= 0.3 is 0 Å². The molecular formula is C24H24F4O. The third-order valence-corrected chi connectivity index (χ3v) is 4.66. The van der Waals surface area contributed by atoms with Crippen molar-refractivity contribution in [3.05, 3.63) is 101 Å². The summed E-state index contributed by atoms with van der Waals surface area (Å²) >= 11 is 0. The number of halogens is 4. The molecule has 1 aromatic carbocycles. The summed E-state index contributed by atoms with van der Waals surface area (Å²) in [6, 6.07) is 1.50. The van der Waals surface area contributed by atoms with E-state index in [2.05, 4.69) is 26.3 Å². The minimum Gasteiger partial charge on any atom is -0.450 e. The van der Waals surface area contributed by atoms with Crippen molar-refractivity contribution in [1.82, 2.24) is 0 Å². The standard InChI is InChI=1S/C24H24F4O/c1-7-9-17-12-18-11-14(4)23(29-24(18)22(28)21(17)27)20(26)16(6)15(5)19(25)10-13(3)8-2/h10,12H,3-9,11H2,1-2H3/b19-10+,23-20-. The van der Waals surface area contributed by atoms with Gasteiger partial charge in [-0.3, -0.25) is 0 Å². The van der Waals surface area contributed by atoms with Crippen LogP contribution in [0.15, 0.2) is 78.2 Å². The molecule has 0 unspecified atom stereocenters. The molecule has 1 heterocycles. The minimum absolute atomic E-state index is 0.0662. The van der Waals surface area contributed by atoms with Crippen LogP contribution < -0.4 is 4.74 Å². The maximum absolute atomic E-state index is 15.0. The summed E-state index contributed by atoms with van der Waals surface area (Å²) in [5.74, 6) is -4.83. The second-order valence-corrected chi connectivity index (χ2v) is 6.89. The average Bonchev–Trinajstić information content (AvgIpc) is 2.69. The molecule has 0 spiro atoms. The number of hydrogen-bond acceptors (Lipinski definition) is 1. The average molecular weight is 404 g/mol. The molecule has 0 fully saturated rings. The van der Waals surface area contributed by atoms with Gasteiger partial charge in [-0.2, -0.15) is 4.39 Å². The predicted molar refractivity (Wildman–Crippen MR) is 109 cm³/mol. The molecule has 0 radical (unpaired) electrons. The van der Waals surface area contributed by atoms with Crippen LogP contribution in [0.5, 0.6) is 5.75 Å². The maximum Gasteiger partial charge on any atom is 0.201 e. The van der Waals surface area contributed by atoms with Gasteiger partial charge in [0.05, 0.1) is 0 Å². The number of fused-ring (bicyclic) bond motifs is 1. The fourth-order valence-electron chi connectivity index (χ4n) is 2.88. The Labute approximate surface area is 169 Å². The maximum atomic E-state index is 15.0. The van der Waals surface area contributed by atoms with E-state index in [4.69, 9.17) is 4.74 Å². The van der Waals surface area contributed by atoms with Crippen molar-refractivity contribution in [2.75, 3.05) is 0 Å². The van der Waals surface area contributed by atoms with Crippen LogP contribution in [0.1, 0.15) is 37.8 Å². The highest BCUT2D eigenvalue weighted by atomic mass is 19.2. The summed E-state index contributed by atoms with van der Waals surface area (Å²) in [4.78, 5) is 0. The van der Waals surface area contributed by atoms with Gasteiger partial charge in [0, 0.05) is 23.1 Å². The third-order valence-electron chi connectivity index (χ3n) is 4.66. The first-order valence-corrected chi connectivity index (χ1v) is 9.31. The fourth-order valence-corrected chi connectivity index (χ4v) is 2.88. The number of allylic oxidation sites excluding steroid dienone is 7. The molecule has 1 nitrogen and oxygen atoms in total. The normalized spacial score (nSPS) is 15.5. The molecule has 0 bridgehead atoms. The lowest BCUT2D eigenvalue weighted by Gasteiger charge is -2.24. The Morgan fingerprint density at radius 1 is 1.10 bits per heavy atom. The van der Waals surface area contributed by atoms with Gasteiger partial charge in [-0.1, -0.05) is 52.2 Å². The lowest BCUT2D eigenvalue weighted by atomic mass is 9.95. The quantitative estimate of drug-likeness (QED) is 0.337. The molecule has 29 heavy (non-hydrogen) atoms. The molecule has 0 aliphatic carbocycles. The highest BCUT2D eigenvalue weighted by Gasteiger charge is 2.29. The Morgan fingerprint density at radius 3 is 2.34 bits per heavy atom. The van der Waals surface area contributed by atoms with Gasteiger partial charge < -0.3 is 4.74 Å². The number of benzene rings is 1. The smallest absolute Gasteiger partial charge is 0.201 e. The van der Waals surface area contributed by atoms with Crippen LogP contribution in [-0.4, -0.2) is 0 Å². The lowest BCUT2D eigenvalue weighted by Crippen LogP contribution is -2.15. The van der Waals surface area contributed by atoms with Crippen molar-refractivity contribution in [2.24, 2.45) is 0 Å². The molecule has 0 saturated carbocycles. The summed E-state index contributed by atoms with van der Waals surface area (Å²) in [6.07, 6.45) is 2.73. The molecular weight excluding hydrogens is 380 g/mol. The van der Waals surface area contributed by atoms with Crippen LogP contribution in [0.2, 0.25) is 0 Å². The molecule has 5 heteroatoms. The van der Waals surface area contributed by atoms with Gasteiger partial charge in [-0.15, -0.1) is 0 Å². The Hall–Kier alpha value is -2.82. The Morgan fingerprint density at radius 2 is 1.76 bits per heavy atom. The van der Waals surface area contributed by atoms with Crippen LogP contribution in [0, 0.1) is 11.6 Å². The van der Waals surface area contributed by atoms with E-state index in [-0.39, 0.29) is 28.7 Å². The van der Waals surface area contributed by atoms with E-state index in [1.165, 1.54) is 6.07 Å². The van der Waals surface area contributed by atoms with Gasteiger partial charge in [-0.25, -0.2) is 13.2 Å². The number of ether oxygens (including phenoxy) is 1. The zero-order chi connectivity index (χ0) is 21.9. The third kappa shape index (κ3) is 4.61. The Bertz CT molecular complexity index is 964. The zero-order valence-electron chi connectivity index (χ0n) is 16.7. The van der Waals surface area contributed by atoms with Crippen molar-refractivity contribution in [2.45, 2.75) is 39.5 Å². The van der Waals surface area contributed by atoms with E-state index in [0.29, 0.717) is 30.4 Å². The molecule has 154 valence electrons. The Kier molecular flexibility index (Phi) is 7.07. The summed E-state index contributed by atoms with van der Waals surface area (Å²) in [6.45, 7) is 18.1. The molecule has 2 rings (SSSR count). The van der Waals surface area contributed by atoms with Crippen LogP contribution in [-0.2, 0) is 12.8 Å². The summed E-state index contributed by atoms with van der Waals surface area (Å²) in [5.41, 5.74) is 0.650. The van der Waals surface area contributed by atoms with Crippen molar-refractivity contribution in [3.63, 3.8) is 0 Å². The van der Waals surface area contributed by atoms with E-state index >= 15 is 0 Å². The predicted octanol–water partition coefficient (Wildman–Crippen LogP) is 7.52. The summed E-state index contributed by atoms with van der Waals surface area (Å²) in [5, 5.41) is 0. The first-order chi connectivity index (χ1) is 13.6. The number of rotatable bonds is 7. The largest absolute Gasteiger partial charge is 0.450 e. The highest BCUT2D eigenvalue weighted by Crippen LogP contribution is 2.40. The molecule has 0 N–H and O–H groups in total. The number of aryl methyl sites for hydroxylation is 1. The monoisotopic (exact) mass is 404 g/mol. The van der Waals surface area contributed by atoms with Gasteiger partial charge in [-0.05, 0) is 36.1 Å². The first kappa shape index (κ1) is 22.5. The fraction of sp³-hybridized carbons (Fsp3) is 0.250. The molecule has 0 aromatic heterocycles. The Balaban J connectivity index is 2.43. The molecule has 0 saturated heterocycles. The molecule has 1 aliphatic rings. The van der Waals surface area contributed by atoms with Gasteiger partial charge in [0.1, 0.15) is 5.83 Å². The number of hydrogen-bond donors (Lipinski definition) is 0. The molecule has 0 amide bonds. The van der Waals surface area contributed by atoms with Crippen molar-refractivity contribution in [3.8, 4) is 5.75 Å². The van der Waals surface area contributed by atoms with E-state index in [0.717, 1.165) is 6.08 Å². The first-order valence-electron chi connectivity index (χ1n) is 9.31. The van der Waals surface area contributed by atoms with Crippen molar-refractivity contribution >= 4 is 0 Å². The lowest BCUT2D eigenvalue weighted by molar-refractivity contribution is 0.354. The second kappa shape index (κ2) is 9.12. The topological polar surface area (TPSA) is 9.23 Å². The van der Waals surface area contributed by atoms with E-state index in [1.54, 1.807) is 6.92 Å². The van der Waals surface area contributed by atoms with E-state index < -0.39 is 34.8 Å². The SMILES string of the molecule is C=C(/C=C(/F)C(=C)C(=C)/C(F)=C1/Oc2c(cc(CCC)c(F)c2F)CC1=C)CC. The van der Waals surface area contributed by atoms with Crippen LogP contribution in [0.25, 0.3) is 0 Å². The van der Waals surface area contributed by atoms with Gasteiger partial charge in [0.15, 0.2) is 23.2 Å². The molecule has 0 atom stereocenters. The summed E-state index contributed by atoms with van der Waals surface area (Å²) < 4.78 is 63.4. The summed E-state index contributed by atoms with van der Waals surface area (Å²) in [7, 11) is 0.